The second-order valence-electron chi connectivity index (χ2n) is 7.50. The van der Waals surface area contributed by atoms with Crippen molar-refractivity contribution in [2.75, 3.05) is 25.0 Å². The van der Waals surface area contributed by atoms with Gasteiger partial charge < -0.3 is 19.5 Å². The Balaban J connectivity index is 1.58. The molecule has 9 heteroatoms. The molecule has 0 saturated carbocycles. The van der Waals surface area contributed by atoms with Crippen molar-refractivity contribution in [1.29, 1.82) is 0 Å². The SMILES string of the molecule is CCOc1ccc(NC(=O)C2Oc3ccccc3OC2C)cc1S(=O)(=O)N1CCCC1. The summed E-state index contributed by atoms with van der Waals surface area (Å²) in [6.45, 7) is 4.84. The van der Waals surface area contributed by atoms with E-state index < -0.39 is 28.1 Å². The molecule has 2 aromatic rings. The normalized spacial score (nSPS) is 21.0. The summed E-state index contributed by atoms with van der Waals surface area (Å²) in [5.74, 6) is 0.923. The number of amides is 1. The van der Waals surface area contributed by atoms with Gasteiger partial charge in [0, 0.05) is 18.8 Å². The molecule has 31 heavy (non-hydrogen) atoms. The van der Waals surface area contributed by atoms with Crippen LogP contribution in [0.25, 0.3) is 0 Å². The Morgan fingerprint density at radius 1 is 1.13 bits per heavy atom. The van der Waals surface area contributed by atoms with E-state index in [9.17, 15) is 13.2 Å². The van der Waals surface area contributed by atoms with Crippen molar-refractivity contribution in [3.63, 3.8) is 0 Å². The maximum Gasteiger partial charge on any atom is 0.269 e. The third-order valence-corrected chi connectivity index (χ3v) is 7.21. The first kappa shape index (κ1) is 21.5. The molecule has 1 fully saturated rings. The number of para-hydroxylation sites is 2. The van der Waals surface area contributed by atoms with Gasteiger partial charge in [0.1, 0.15) is 16.7 Å². The Morgan fingerprint density at radius 3 is 2.48 bits per heavy atom. The third kappa shape index (κ3) is 4.33. The van der Waals surface area contributed by atoms with Gasteiger partial charge in [-0.25, -0.2) is 8.42 Å². The fourth-order valence-electron chi connectivity index (χ4n) is 3.75. The highest BCUT2D eigenvalue weighted by molar-refractivity contribution is 7.89. The number of fused-ring (bicyclic) bond motifs is 1. The topological polar surface area (TPSA) is 94.2 Å². The molecule has 2 aromatic carbocycles. The number of hydrogen-bond donors (Lipinski definition) is 1. The average molecular weight is 447 g/mol. The van der Waals surface area contributed by atoms with Gasteiger partial charge in [0.05, 0.1) is 6.61 Å². The molecule has 8 nitrogen and oxygen atoms in total. The lowest BCUT2D eigenvalue weighted by Gasteiger charge is -2.31. The summed E-state index contributed by atoms with van der Waals surface area (Å²) in [6, 6.07) is 11.8. The van der Waals surface area contributed by atoms with E-state index in [1.165, 1.54) is 10.4 Å². The van der Waals surface area contributed by atoms with Gasteiger partial charge in [-0.05, 0) is 57.0 Å². The van der Waals surface area contributed by atoms with E-state index in [-0.39, 0.29) is 10.6 Å². The molecule has 0 spiro atoms. The molecule has 0 aromatic heterocycles. The van der Waals surface area contributed by atoms with Gasteiger partial charge >= 0.3 is 0 Å². The molecule has 2 aliphatic rings. The Morgan fingerprint density at radius 2 is 1.81 bits per heavy atom. The predicted octanol–water partition coefficient (Wildman–Crippen LogP) is 3.04. The molecule has 2 heterocycles. The minimum atomic E-state index is -3.72. The number of carbonyl (C=O) groups is 1. The Hall–Kier alpha value is -2.78. The van der Waals surface area contributed by atoms with Crippen LogP contribution in [0, 0.1) is 0 Å². The van der Waals surface area contributed by atoms with Crippen LogP contribution in [-0.2, 0) is 14.8 Å². The van der Waals surface area contributed by atoms with Gasteiger partial charge in [0.25, 0.3) is 5.91 Å². The van der Waals surface area contributed by atoms with Crippen LogP contribution < -0.4 is 19.5 Å². The number of rotatable bonds is 6. The highest BCUT2D eigenvalue weighted by atomic mass is 32.2. The lowest BCUT2D eigenvalue weighted by Crippen LogP contribution is -2.46. The van der Waals surface area contributed by atoms with E-state index in [2.05, 4.69) is 5.32 Å². The van der Waals surface area contributed by atoms with E-state index in [4.69, 9.17) is 14.2 Å². The maximum atomic E-state index is 13.1. The standard InChI is InChI=1S/C22H26N2O6S/c1-3-28-19-11-10-16(14-20(19)31(26,27)24-12-6-7-13-24)23-22(25)21-15(2)29-17-8-4-5-9-18(17)30-21/h4-5,8-11,14-15,21H,3,6-7,12-13H2,1-2H3,(H,23,25). The first-order valence-corrected chi connectivity index (χ1v) is 11.8. The lowest BCUT2D eigenvalue weighted by atomic mass is 10.1. The van der Waals surface area contributed by atoms with Crippen molar-refractivity contribution < 1.29 is 27.4 Å². The molecule has 0 radical (unpaired) electrons. The number of benzene rings is 2. The number of sulfonamides is 1. The van der Waals surface area contributed by atoms with Gasteiger partial charge in [0.15, 0.2) is 11.5 Å². The molecule has 0 aliphatic carbocycles. The molecular formula is C22H26N2O6S. The number of nitrogens with zero attached hydrogens (tertiary/aromatic N) is 1. The fourth-order valence-corrected chi connectivity index (χ4v) is 5.42. The molecule has 4 rings (SSSR count). The van der Waals surface area contributed by atoms with Crippen LogP contribution in [0.1, 0.15) is 26.7 Å². The summed E-state index contributed by atoms with van der Waals surface area (Å²) in [6.07, 6.45) is 0.279. The van der Waals surface area contributed by atoms with Crippen LogP contribution in [0.15, 0.2) is 47.4 Å². The van der Waals surface area contributed by atoms with Crippen molar-refractivity contribution in [2.45, 2.75) is 43.8 Å². The molecule has 2 atom stereocenters. The van der Waals surface area contributed by atoms with Gasteiger partial charge in [0.2, 0.25) is 16.1 Å². The smallest absolute Gasteiger partial charge is 0.269 e. The molecule has 2 aliphatic heterocycles. The van der Waals surface area contributed by atoms with Crippen LogP contribution in [0.3, 0.4) is 0 Å². The molecule has 1 N–H and O–H groups in total. The summed E-state index contributed by atoms with van der Waals surface area (Å²) < 4.78 is 44.9. The van der Waals surface area contributed by atoms with Gasteiger partial charge in [-0.2, -0.15) is 4.31 Å². The average Bonchev–Trinajstić information content (AvgIpc) is 3.30. The van der Waals surface area contributed by atoms with Crippen molar-refractivity contribution in [1.82, 2.24) is 4.31 Å². The Labute approximate surface area is 182 Å². The van der Waals surface area contributed by atoms with E-state index in [1.807, 2.05) is 6.07 Å². The van der Waals surface area contributed by atoms with Crippen LogP contribution >= 0.6 is 0 Å². The molecule has 2 unspecified atom stereocenters. The van der Waals surface area contributed by atoms with Crippen LogP contribution in [-0.4, -0.2) is 50.5 Å². The number of carbonyl (C=O) groups excluding carboxylic acids is 1. The fraction of sp³-hybridized carbons (Fsp3) is 0.409. The minimum absolute atomic E-state index is 0.0493. The molecule has 1 amide bonds. The molecule has 1 saturated heterocycles. The highest BCUT2D eigenvalue weighted by Crippen LogP contribution is 2.35. The number of hydrogen-bond acceptors (Lipinski definition) is 6. The lowest BCUT2D eigenvalue weighted by molar-refractivity contribution is -0.128. The van der Waals surface area contributed by atoms with Gasteiger partial charge in [-0.1, -0.05) is 12.1 Å². The van der Waals surface area contributed by atoms with Crippen molar-refractivity contribution in [3.05, 3.63) is 42.5 Å². The Bertz CT molecular complexity index is 1070. The third-order valence-electron chi connectivity index (χ3n) is 5.29. The summed E-state index contributed by atoms with van der Waals surface area (Å²) in [5, 5.41) is 2.76. The zero-order valence-electron chi connectivity index (χ0n) is 17.5. The quantitative estimate of drug-likeness (QED) is 0.733. The first-order valence-electron chi connectivity index (χ1n) is 10.4. The molecule has 0 bridgehead atoms. The van der Waals surface area contributed by atoms with Gasteiger partial charge in [-0.3, -0.25) is 4.79 Å². The Kier molecular flexibility index (Phi) is 6.06. The number of nitrogens with one attached hydrogen (secondary N) is 1. The zero-order chi connectivity index (χ0) is 22.0. The van der Waals surface area contributed by atoms with Crippen LogP contribution in [0.4, 0.5) is 5.69 Å². The largest absolute Gasteiger partial charge is 0.492 e. The molecular weight excluding hydrogens is 420 g/mol. The second-order valence-corrected chi connectivity index (χ2v) is 9.41. The monoisotopic (exact) mass is 446 g/mol. The number of ether oxygens (including phenoxy) is 3. The summed E-state index contributed by atoms with van der Waals surface area (Å²) in [4.78, 5) is 13.0. The zero-order valence-corrected chi connectivity index (χ0v) is 18.4. The summed E-state index contributed by atoms with van der Waals surface area (Å²) >= 11 is 0. The second kappa shape index (κ2) is 8.76. The van der Waals surface area contributed by atoms with E-state index in [1.54, 1.807) is 44.2 Å². The van der Waals surface area contributed by atoms with Crippen molar-refractivity contribution in [2.24, 2.45) is 0 Å². The minimum Gasteiger partial charge on any atom is -0.492 e. The van der Waals surface area contributed by atoms with E-state index in [0.717, 1.165) is 12.8 Å². The van der Waals surface area contributed by atoms with Crippen molar-refractivity contribution in [3.8, 4) is 17.2 Å². The number of anilines is 1. The first-order chi connectivity index (χ1) is 14.9. The summed E-state index contributed by atoms with van der Waals surface area (Å²) in [7, 11) is -3.72. The van der Waals surface area contributed by atoms with E-state index >= 15 is 0 Å². The van der Waals surface area contributed by atoms with E-state index in [0.29, 0.717) is 36.9 Å². The van der Waals surface area contributed by atoms with Crippen LogP contribution in [0.5, 0.6) is 17.2 Å². The molecule has 166 valence electrons. The van der Waals surface area contributed by atoms with Gasteiger partial charge in [-0.15, -0.1) is 0 Å². The summed E-state index contributed by atoms with van der Waals surface area (Å²) in [5.41, 5.74) is 0.348. The van der Waals surface area contributed by atoms with Crippen molar-refractivity contribution >= 4 is 21.6 Å². The van der Waals surface area contributed by atoms with Crippen LogP contribution in [0.2, 0.25) is 0 Å². The predicted molar refractivity (Wildman–Crippen MR) is 115 cm³/mol. The highest BCUT2D eigenvalue weighted by Gasteiger charge is 2.35. The maximum absolute atomic E-state index is 13.1.